The molecule has 0 bridgehead atoms. The van der Waals surface area contributed by atoms with Gasteiger partial charge in [0.05, 0.1) is 13.2 Å². The van der Waals surface area contributed by atoms with Crippen LogP contribution in [0.15, 0.2) is 60.7 Å². The Morgan fingerprint density at radius 2 is 1.65 bits per heavy atom. The lowest BCUT2D eigenvalue weighted by molar-refractivity contribution is -0.134. The predicted molar refractivity (Wildman–Crippen MR) is 139 cm³/mol. The minimum Gasteiger partial charge on any atom is -0.491 e. The molecule has 0 aliphatic carbocycles. The summed E-state index contributed by atoms with van der Waals surface area (Å²) in [6.45, 7) is 7.96. The number of aryl methyl sites for hydroxylation is 1. The molecule has 7 nitrogen and oxygen atoms in total. The standard InChI is InChI=1S/C30H31N2O5/c1-21-6-2-3-7-22(21)18-32(13-10-31-11-14-34-15-12-31)25-9-5-4-8-23(25)30(29(32)33)19-35-26-17-28-27(16-24(26)30)36-20-37-28/h2-9,16-17H,10-15,18-20H2,1H3/q+1. The zero-order chi connectivity index (χ0) is 25.0. The first-order chi connectivity index (χ1) is 18.1. The maximum Gasteiger partial charge on any atom is 0.338 e. The fourth-order valence-corrected chi connectivity index (χ4v) is 6.51. The summed E-state index contributed by atoms with van der Waals surface area (Å²) in [6.07, 6.45) is 0. The first kappa shape index (κ1) is 22.8. The average molecular weight is 500 g/mol. The van der Waals surface area contributed by atoms with Gasteiger partial charge in [-0.3, -0.25) is 4.90 Å². The van der Waals surface area contributed by atoms with Crippen molar-refractivity contribution in [3.8, 4) is 17.2 Å². The van der Waals surface area contributed by atoms with E-state index in [1.54, 1.807) is 0 Å². The van der Waals surface area contributed by atoms with E-state index in [0.717, 1.165) is 49.7 Å². The molecule has 0 saturated carbocycles. The average Bonchev–Trinajstić information content (AvgIpc) is 3.60. The fraction of sp³-hybridized carbons (Fsp3) is 0.367. The Bertz CT molecular complexity index is 1380. The second-order valence-electron chi connectivity index (χ2n) is 10.4. The lowest BCUT2D eigenvalue weighted by Crippen LogP contribution is -2.59. The Morgan fingerprint density at radius 1 is 0.892 bits per heavy atom. The second-order valence-corrected chi connectivity index (χ2v) is 10.4. The van der Waals surface area contributed by atoms with Crippen molar-refractivity contribution in [2.24, 2.45) is 0 Å². The highest BCUT2D eigenvalue weighted by atomic mass is 16.7. The van der Waals surface area contributed by atoms with Crippen LogP contribution in [-0.4, -0.2) is 63.6 Å². The molecule has 7 heteroatoms. The van der Waals surface area contributed by atoms with Gasteiger partial charge in [-0.2, -0.15) is 0 Å². The van der Waals surface area contributed by atoms with Crippen LogP contribution < -0.4 is 18.7 Å². The van der Waals surface area contributed by atoms with Crippen molar-refractivity contribution in [3.63, 3.8) is 0 Å². The summed E-state index contributed by atoms with van der Waals surface area (Å²) in [5.41, 5.74) is 4.48. The number of rotatable bonds is 5. The summed E-state index contributed by atoms with van der Waals surface area (Å²) in [4.78, 5) is 17.6. The van der Waals surface area contributed by atoms with E-state index in [9.17, 15) is 0 Å². The minimum absolute atomic E-state index is 0.169. The van der Waals surface area contributed by atoms with Crippen molar-refractivity contribution in [1.29, 1.82) is 0 Å². The zero-order valence-electron chi connectivity index (χ0n) is 21.1. The summed E-state index contributed by atoms with van der Waals surface area (Å²) < 4.78 is 23.4. The summed E-state index contributed by atoms with van der Waals surface area (Å²) >= 11 is 0. The molecule has 2 unspecified atom stereocenters. The molecule has 4 aliphatic rings. The number of quaternary nitrogens is 1. The number of carbonyl (C=O) groups excluding carboxylic acids is 1. The summed E-state index contributed by atoms with van der Waals surface area (Å²) in [5.74, 6) is 2.22. The summed E-state index contributed by atoms with van der Waals surface area (Å²) in [5, 5.41) is 0. The molecule has 4 aliphatic heterocycles. The van der Waals surface area contributed by atoms with Crippen LogP contribution in [0.5, 0.6) is 17.2 Å². The van der Waals surface area contributed by atoms with Gasteiger partial charge in [-0.1, -0.05) is 42.5 Å². The Hall–Kier alpha value is -3.39. The number of ether oxygens (including phenoxy) is 4. The van der Waals surface area contributed by atoms with Crippen LogP contribution in [0.3, 0.4) is 0 Å². The number of fused-ring (bicyclic) bond motifs is 5. The van der Waals surface area contributed by atoms with E-state index >= 15 is 4.79 Å². The number of para-hydroxylation sites is 1. The molecule has 1 fully saturated rings. The molecule has 3 aromatic rings. The molecule has 0 aromatic heterocycles. The highest BCUT2D eigenvalue weighted by molar-refractivity contribution is 6.08. The van der Waals surface area contributed by atoms with Gasteiger partial charge < -0.3 is 18.9 Å². The Balaban J connectivity index is 1.39. The Labute approximate surface area is 216 Å². The monoisotopic (exact) mass is 499 g/mol. The first-order valence-electron chi connectivity index (χ1n) is 13.1. The number of nitrogens with zero attached hydrogens (tertiary/aromatic N) is 2. The van der Waals surface area contributed by atoms with E-state index in [1.807, 2.05) is 18.2 Å². The molecule has 7 rings (SSSR count). The van der Waals surface area contributed by atoms with E-state index in [0.29, 0.717) is 30.3 Å². The molecule has 3 aromatic carbocycles. The first-order valence-corrected chi connectivity index (χ1v) is 13.1. The van der Waals surface area contributed by atoms with Gasteiger partial charge in [-0.15, -0.1) is 0 Å². The molecule has 1 amide bonds. The largest absolute Gasteiger partial charge is 0.491 e. The van der Waals surface area contributed by atoms with Gasteiger partial charge in [0, 0.05) is 42.4 Å². The minimum atomic E-state index is -0.888. The maximum atomic E-state index is 15.1. The van der Waals surface area contributed by atoms with Crippen LogP contribution in [0.1, 0.15) is 22.3 Å². The van der Waals surface area contributed by atoms with Crippen LogP contribution in [0, 0.1) is 6.92 Å². The zero-order valence-corrected chi connectivity index (χ0v) is 21.1. The molecular formula is C30H31N2O5+. The lowest BCUT2D eigenvalue weighted by atomic mass is 9.77. The van der Waals surface area contributed by atoms with E-state index in [1.165, 1.54) is 11.1 Å². The van der Waals surface area contributed by atoms with Crippen molar-refractivity contribution in [2.45, 2.75) is 18.9 Å². The van der Waals surface area contributed by atoms with Crippen molar-refractivity contribution in [3.05, 3.63) is 82.9 Å². The maximum absolute atomic E-state index is 15.1. The molecule has 1 spiro atoms. The smallest absolute Gasteiger partial charge is 0.338 e. The van der Waals surface area contributed by atoms with Crippen molar-refractivity contribution in [1.82, 2.24) is 9.38 Å². The third-order valence-electron chi connectivity index (χ3n) is 8.56. The van der Waals surface area contributed by atoms with Gasteiger partial charge in [0.2, 0.25) is 6.79 Å². The highest BCUT2D eigenvalue weighted by Crippen LogP contribution is 2.57. The van der Waals surface area contributed by atoms with Crippen LogP contribution in [0.4, 0.5) is 5.69 Å². The third-order valence-corrected chi connectivity index (χ3v) is 8.56. The van der Waals surface area contributed by atoms with Gasteiger partial charge in [-0.05, 0) is 24.6 Å². The SMILES string of the molecule is Cc1ccccc1C[N+]1(CCN2CCOCC2)C(=O)C2(COc3cc4c(cc32)OCO4)c2ccccc21. The van der Waals surface area contributed by atoms with Gasteiger partial charge in [0.1, 0.15) is 31.1 Å². The third kappa shape index (κ3) is 3.34. The molecule has 190 valence electrons. The second kappa shape index (κ2) is 8.58. The molecule has 37 heavy (non-hydrogen) atoms. The number of morpholine rings is 1. The topological polar surface area (TPSA) is 57.2 Å². The van der Waals surface area contributed by atoms with Crippen LogP contribution in [0.2, 0.25) is 0 Å². The molecule has 0 N–H and O–H groups in total. The van der Waals surface area contributed by atoms with Crippen molar-refractivity contribution >= 4 is 11.6 Å². The van der Waals surface area contributed by atoms with E-state index in [-0.39, 0.29) is 23.8 Å². The summed E-state index contributed by atoms with van der Waals surface area (Å²) in [6, 6.07) is 20.6. The molecule has 4 heterocycles. The Morgan fingerprint density at radius 3 is 2.49 bits per heavy atom. The number of amides is 1. The van der Waals surface area contributed by atoms with Crippen LogP contribution >= 0.6 is 0 Å². The molecular weight excluding hydrogens is 468 g/mol. The molecule has 0 radical (unpaired) electrons. The lowest BCUT2D eigenvalue weighted by Gasteiger charge is -2.36. The quantitative estimate of drug-likeness (QED) is 0.498. The van der Waals surface area contributed by atoms with Gasteiger partial charge >= 0.3 is 5.91 Å². The Kier molecular flexibility index (Phi) is 5.29. The molecule has 1 saturated heterocycles. The van der Waals surface area contributed by atoms with Gasteiger partial charge in [0.25, 0.3) is 0 Å². The fourth-order valence-electron chi connectivity index (χ4n) is 6.51. The van der Waals surface area contributed by atoms with Crippen LogP contribution in [0.25, 0.3) is 0 Å². The number of benzene rings is 3. The predicted octanol–water partition coefficient (Wildman–Crippen LogP) is 3.78. The number of carbonyl (C=O) groups is 1. The van der Waals surface area contributed by atoms with Gasteiger partial charge in [0.15, 0.2) is 16.9 Å². The van der Waals surface area contributed by atoms with Crippen LogP contribution in [-0.2, 0) is 21.5 Å². The van der Waals surface area contributed by atoms with Crippen molar-refractivity contribution < 1.29 is 23.7 Å². The van der Waals surface area contributed by atoms with Crippen molar-refractivity contribution in [2.75, 3.05) is 52.8 Å². The molecule has 2 atom stereocenters. The highest BCUT2D eigenvalue weighted by Gasteiger charge is 2.66. The number of hydrogen-bond acceptors (Lipinski definition) is 6. The summed E-state index contributed by atoms with van der Waals surface area (Å²) in [7, 11) is 0. The number of hydrogen-bond donors (Lipinski definition) is 0. The normalized spacial score (nSPS) is 25.8. The van der Waals surface area contributed by atoms with E-state index in [4.69, 9.17) is 18.9 Å². The van der Waals surface area contributed by atoms with Gasteiger partial charge in [-0.25, -0.2) is 9.28 Å². The van der Waals surface area contributed by atoms with E-state index in [2.05, 4.69) is 54.3 Å². The van der Waals surface area contributed by atoms with E-state index < -0.39 is 5.41 Å².